The minimum atomic E-state index is -3.50. The minimum Gasteiger partial charge on any atom is -0.496 e. The number of rotatable bonds is 8. The van der Waals surface area contributed by atoms with Gasteiger partial charge in [0.1, 0.15) is 5.75 Å². The molecule has 35 heavy (non-hydrogen) atoms. The van der Waals surface area contributed by atoms with E-state index in [2.05, 4.69) is 27.1 Å². The second-order valence-corrected chi connectivity index (χ2v) is 11.3. The molecule has 1 heterocycles. The monoisotopic (exact) mass is 500 g/mol. The Hall–Kier alpha value is -2.46. The molecule has 1 aliphatic carbocycles. The molecule has 4 rings (SSSR count). The van der Waals surface area contributed by atoms with Crippen molar-refractivity contribution < 1.29 is 17.9 Å². The molecule has 9 heteroatoms. The molecule has 1 saturated heterocycles. The van der Waals surface area contributed by atoms with Crippen molar-refractivity contribution in [3.8, 4) is 5.75 Å². The van der Waals surface area contributed by atoms with E-state index in [0.29, 0.717) is 43.8 Å². The average Bonchev–Trinajstić information content (AvgIpc) is 2.89. The number of carbonyl (C=O) groups is 1. The van der Waals surface area contributed by atoms with Gasteiger partial charge in [-0.3, -0.25) is 4.79 Å². The molecule has 0 spiro atoms. The van der Waals surface area contributed by atoms with Crippen LogP contribution >= 0.6 is 0 Å². The van der Waals surface area contributed by atoms with Crippen molar-refractivity contribution in [2.45, 2.75) is 37.1 Å². The summed E-state index contributed by atoms with van der Waals surface area (Å²) in [7, 11) is 0.0612. The third-order valence-electron chi connectivity index (χ3n) is 7.39. The van der Waals surface area contributed by atoms with Crippen LogP contribution in [0.4, 0.5) is 0 Å². The molecule has 1 amide bonds. The van der Waals surface area contributed by atoms with E-state index in [1.165, 1.54) is 5.56 Å². The maximum atomic E-state index is 13.0. The number of ether oxygens (including phenoxy) is 1. The Morgan fingerprint density at radius 1 is 1.00 bits per heavy atom. The number of carbonyl (C=O) groups excluding carboxylic acids is 1. The number of likely N-dealkylation sites (N-methyl/N-ethyl adjacent to an activating group) is 1. The number of methoxy groups -OCH3 is 1. The van der Waals surface area contributed by atoms with Crippen LogP contribution in [0, 0.1) is 0 Å². The highest BCUT2D eigenvalue weighted by molar-refractivity contribution is 7.87. The number of nitrogens with one attached hydrogen (secondary N) is 2. The van der Waals surface area contributed by atoms with Gasteiger partial charge in [0.2, 0.25) is 0 Å². The first-order valence-electron chi connectivity index (χ1n) is 12.3. The standard InChI is InChI=1S/C26H36N4O4S/c1-29-16-18-30(19-17-29)35(32,33)28-22-12-14-26(15-13-22,21-8-4-3-5-9-21)20-27-25(31)23-10-6-7-11-24(23)34-2/h3-11,22,28H,12-20H2,1-2H3,(H,27,31)/t22-,26+. The van der Waals surface area contributed by atoms with Crippen molar-refractivity contribution >= 4 is 16.1 Å². The average molecular weight is 501 g/mol. The number of hydrogen-bond acceptors (Lipinski definition) is 5. The van der Waals surface area contributed by atoms with Gasteiger partial charge >= 0.3 is 0 Å². The molecule has 2 aromatic rings. The maximum Gasteiger partial charge on any atom is 0.279 e. The first-order valence-corrected chi connectivity index (χ1v) is 13.7. The lowest BCUT2D eigenvalue weighted by Crippen LogP contribution is -2.54. The van der Waals surface area contributed by atoms with Crippen LogP contribution in [0.25, 0.3) is 0 Å². The van der Waals surface area contributed by atoms with Gasteiger partial charge < -0.3 is 15.0 Å². The molecule has 190 valence electrons. The van der Waals surface area contributed by atoms with Gasteiger partial charge in [0, 0.05) is 44.2 Å². The molecule has 2 fully saturated rings. The van der Waals surface area contributed by atoms with Crippen LogP contribution in [-0.2, 0) is 15.6 Å². The second kappa shape index (κ2) is 11.1. The molecule has 0 radical (unpaired) electrons. The van der Waals surface area contributed by atoms with Crippen molar-refractivity contribution in [3.05, 3.63) is 65.7 Å². The van der Waals surface area contributed by atoms with Gasteiger partial charge in [-0.15, -0.1) is 0 Å². The van der Waals surface area contributed by atoms with Crippen LogP contribution in [0.2, 0.25) is 0 Å². The molecular formula is C26H36N4O4S. The number of hydrogen-bond donors (Lipinski definition) is 2. The number of piperazine rings is 1. The van der Waals surface area contributed by atoms with Gasteiger partial charge in [0.05, 0.1) is 12.7 Å². The van der Waals surface area contributed by atoms with Gasteiger partial charge in [-0.05, 0) is 50.4 Å². The van der Waals surface area contributed by atoms with E-state index in [1.807, 2.05) is 37.4 Å². The first-order chi connectivity index (χ1) is 16.8. The normalized spacial score (nSPS) is 24.1. The summed E-state index contributed by atoms with van der Waals surface area (Å²) in [6.45, 7) is 3.00. The van der Waals surface area contributed by atoms with Crippen molar-refractivity contribution in [1.29, 1.82) is 0 Å². The number of nitrogens with zero attached hydrogens (tertiary/aromatic N) is 2. The number of benzene rings is 2. The van der Waals surface area contributed by atoms with Gasteiger partial charge in [-0.25, -0.2) is 0 Å². The molecule has 2 aliphatic rings. The van der Waals surface area contributed by atoms with Crippen molar-refractivity contribution in [1.82, 2.24) is 19.2 Å². The topological polar surface area (TPSA) is 91.0 Å². The van der Waals surface area contributed by atoms with E-state index in [0.717, 1.165) is 25.9 Å². The zero-order valence-corrected chi connectivity index (χ0v) is 21.4. The van der Waals surface area contributed by atoms with Crippen LogP contribution in [0.5, 0.6) is 5.75 Å². The second-order valence-electron chi connectivity index (χ2n) is 9.63. The fourth-order valence-electron chi connectivity index (χ4n) is 5.14. The van der Waals surface area contributed by atoms with Gasteiger partial charge in [0.25, 0.3) is 16.1 Å². The Balaban J connectivity index is 1.44. The molecule has 8 nitrogen and oxygen atoms in total. The molecule has 0 atom stereocenters. The molecule has 0 unspecified atom stereocenters. The summed E-state index contributed by atoms with van der Waals surface area (Å²) in [6, 6.07) is 17.3. The zero-order chi connectivity index (χ0) is 24.9. The summed E-state index contributed by atoms with van der Waals surface area (Å²) in [6.07, 6.45) is 2.98. The maximum absolute atomic E-state index is 13.0. The summed E-state index contributed by atoms with van der Waals surface area (Å²) in [5, 5.41) is 3.13. The predicted molar refractivity (Wildman–Crippen MR) is 137 cm³/mol. The Labute approximate surface area is 208 Å². The fraction of sp³-hybridized carbons (Fsp3) is 0.500. The Morgan fingerprint density at radius 2 is 1.63 bits per heavy atom. The Bertz CT molecular complexity index is 1090. The van der Waals surface area contributed by atoms with Crippen LogP contribution in [0.3, 0.4) is 0 Å². The quantitative estimate of drug-likeness (QED) is 0.581. The molecule has 2 N–H and O–H groups in total. The van der Waals surface area contributed by atoms with Crippen molar-refractivity contribution in [2.24, 2.45) is 0 Å². The van der Waals surface area contributed by atoms with E-state index in [-0.39, 0.29) is 17.4 Å². The first kappa shape index (κ1) is 25.6. The lowest BCUT2D eigenvalue weighted by Gasteiger charge is -2.41. The number of amides is 1. The third kappa shape index (κ3) is 6.03. The summed E-state index contributed by atoms with van der Waals surface area (Å²) in [5.74, 6) is 0.372. The SMILES string of the molecule is COc1ccccc1C(=O)NC[C@]1(c2ccccc2)CC[C@@H](NS(=O)(=O)N2CCN(C)CC2)CC1. The van der Waals surface area contributed by atoms with Crippen LogP contribution in [-0.4, -0.2) is 76.5 Å². The highest BCUT2D eigenvalue weighted by Gasteiger charge is 2.39. The van der Waals surface area contributed by atoms with E-state index >= 15 is 0 Å². The molecule has 0 aromatic heterocycles. The summed E-state index contributed by atoms with van der Waals surface area (Å²) in [5.41, 5.74) is 1.42. The lowest BCUT2D eigenvalue weighted by molar-refractivity contribution is 0.0932. The molecule has 0 bridgehead atoms. The predicted octanol–water partition coefficient (Wildman–Crippen LogP) is 2.39. The lowest BCUT2D eigenvalue weighted by atomic mass is 9.68. The number of para-hydroxylation sites is 1. The minimum absolute atomic E-state index is 0.110. The largest absolute Gasteiger partial charge is 0.496 e. The summed E-state index contributed by atoms with van der Waals surface area (Å²) >= 11 is 0. The smallest absolute Gasteiger partial charge is 0.279 e. The third-order valence-corrected chi connectivity index (χ3v) is 9.06. The Morgan fingerprint density at radius 3 is 2.29 bits per heavy atom. The van der Waals surface area contributed by atoms with E-state index in [9.17, 15) is 13.2 Å². The van der Waals surface area contributed by atoms with E-state index in [4.69, 9.17) is 4.74 Å². The summed E-state index contributed by atoms with van der Waals surface area (Å²) < 4.78 is 35.8. The zero-order valence-electron chi connectivity index (χ0n) is 20.6. The highest BCUT2D eigenvalue weighted by atomic mass is 32.2. The molecular weight excluding hydrogens is 464 g/mol. The van der Waals surface area contributed by atoms with Crippen LogP contribution in [0.1, 0.15) is 41.6 Å². The molecule has 2 aromatic carbocycles. The van der Waals surface area contributed by atoms with Crippen LogP contribution < -0.4 is 14.8 Å². The van der Waals surface area contributed by atoms with Gasteiger partial charge in [0.15, 0.2) is 0 Å². The summed E-state index contributed by atoms with van der Waals surface area (Å²) in [4.78, 5) is 15.1. The van der Waals surface area contributed by atoms with Gasteiger partial charge in [-0.1, -0.05) is 42.5 Å². The van der Waals surface area contributed by atoms with Crippen molar-refractivity contribution in [2.75, 3.05) is 46.9 Å². The molecule has 1 saturated carbocycles. The highest BCUT2D eigenvalue weighted by Crippen LogP contribution is 2.39. The van der Waals surface area contributed by atoms with Crippen molar-refractivity contribution in [3.63, 3.8) is 0 Å². The Kier molecular flexibility index (Phi) is 8.11. The van der Waals surface area contributed by atoms with Gasteiger partial charge in [-0.2, -0.15) is 17.4 Å². The van der Waals surface area contributed by atoms with E-state index in [1.54, 1.807) is 23.5 Å². The fourth-order valence-corrected chi connectivity index (χ4v) is 6.59. The van der Waals surface area contributed by atoms with E-state index < -0.39 is 10.2 Å². The molecule has 1 aliphatic heterocycles. The van der Waals surface area contributed by atoms with Crippen LogP contribution in [0.15, 0.2) is 54.6 Å².